The Morgan fingerprint density at radius 2 is 1.86 bits per heavy atom. The molecule has 148 valence electrons. The monoisotopic (exact) mass is 386 g/mol. The minimum Gasteiger partial charge on any atom is -0.399 e. The molecule has 0 fully saturated rings. The molecule has 0 saturated heterocycles. The SMILES string of the molecule is CC1C=C(N(C)C)C=CC1C(=O)Nc1ccc2c(ccn2-c2ccc(N)cc2)c1. The molecule has 29 heavy (non-hydrogen) atoms. The molecule has 1 heterocycles. The molecule has 2 atom stereocenters. The van der Waals surface area contributed by atoms with E-state index in [1.165, 1.54) is 0 Å². The maximum Gasteiger partial charge on any atom is 0.231 e. The van der Waals surface area contributed by atoms with Crippen LogP contribution in [0.4, 0.5) is 11.4 Å². The first-order chi connectivity index (χ1) is 13.9. The molecule has 1 aliphatic rings. The quantitative estimate of drug-likeness (QED) is 0.653. The van der Waals surface area contributed by atoms with Crippen LogP contribution in [0.1, 0.15) is 6.92 Å². The van der Waals surface area contributed by atoms with Crippen molar-refractivity contribution in [2.24, 2.45) is 11.8 Å². The Morgan fingerprint density at radius 1 is 1.10 bits per heavy atom. The van der Waals surface area contributed by atoms with Gasteiger partial charge >= 0.3 is 0 Å². The summed E-state index contributed by atoms with van der Waals surface area (Å²) in [6, 6.07) is 15.8. The zero-order valence-electron chi connectivity index (χ0n) is 17.0. The maximum absolute atomic E-state index is 12.8. The molecule has 2 aromatic carbocycles. The van der Waals surface area contributed by atoms with Crippen LogP contribution in [0, 0.1) is 11.8 Å². The lowest BCUT2D eigenvalue weighted by Gasteiger charge is -2.25. The predicted molar refractivity (Wildman–Crippen MR) is 120 cm³/mol. The third-order valence-corrected chi connectivity index (χ3v) is 5.42. The fourth-order valence-electron chi connectivity index (χ4n) is 3.74. The zero-order chi connectivity index (χ0) is 20.5. The van der Waals surface area contributed by atoms with Crippen LogP contribution in [0.2, 0.25) is 0 Å². The van der Waals surface area contributed by atoms with Gasteiger partial charge in [-0.3, -0.25) is 4.79 Å². The van der Waals surface area contributed by atoms with Crippen LogP contribution in [0.5, 0.6) is 0 Å². The van der Waals surface area contributed by atoms with Crippen LogP contribution >= 0.6 is 0 Å². The molecular weight excluding hydrogens is 360 g/mol. The van der Waals surface area contributed by atoms with Gasteiger partial charge in [-0.1, -0.05) is 19.1 Å². The highest BCUT2D eigenvalue weighted by Gasteiger charge is 2.24. The summed E-state index contributed by atoms with van der Waals surface area (Å²) in [6.07, 6.45) is 8.17. The lowest BCUT2D eigenvalue weighted by molar-refractivity contribution is -0.119. The van der Waals surface area contributed by atoms with Gasteiger partial charge in [0.15, 0.2) is 0 Å². The first-order valence-electron chi connectivity index (χ1n) is 9.77. The van der Waals surface area contributed by atoms with Crippen LogP contribution < -0.4 is 11.1 Å². The molecule has 3 N–H and O–H groups in total. The summed E-state index contributed by atoms with van der Waals surface area (Å²) in [5, 5.41) is 4.15. The van der Waals surface area contributed by atoms with E-state index in [4.69, 9.17) is 5.73 Å². The van der Waals surface area contributed by atoms with Crippen LogP contribution in [0.3, 0.4) is 0 Å². The Hall–Kier alpha value is -3.47. The molecule has 0 spiro atoms. The number of amides is 1. The summed E-state index contributed by atoms with van der Waals surface area (Å²) in [4.78, 5) is 14.9. The van der Waals surface area contributed by atoms with Crippen LogP contribution in [-0.4, -0.2) is 29.5 Å². The number of carbonyl (C=O) groups is 1. The Morgan fingerprint density at radius 3 is 2.55 bits per heavy atom. The predicted octanol–water partition coefficient (Wildman–Crippen LogP) is 4.42. The molecule has 1 aromatic heterocycles. The number of rotatable bonds is 4. The Bertz CT molecular complexity index is 1110. The second-order valence-electron chi connectivity index (χ2n) is 7.77. The van der Waals surface area contributed by atoms with Gasteiger partial charge in [0, 0.05) is 48.4 Å². The molecule has 1 aliphatic carbocycles. The number of hydrogen-bond donors (Lipinski definition) is 2. The first-order valence-corrected chi connectivity index (χ1v) is 9.77. The summed E-state index contributed by atoms with van der Waals surface area (Å²) >= 11 is 0. The van der Waals surface area contributed by atoms with Gasteiger partial charge in [-0.25, -0.2) is 0 Å². The zero-order valence-corrected chi connectivity index (χ0v) is 17.0. The molecule has 5 heteroatoms. The number of nitrogens with one attached hydrogen (secondary N) is 1. The normalized spacial score (nSPS) is 18.5. The van der Waals surface area contributed by atoms with E-state index in [0.717, 1.165) is 33.7 Å². The number of nitrogens with two attached hydrogens (primary N) is 1. The molecule has 0 radical (unpaired) electrons. The largest absolute Gasteiger partial charge is 0.399 e. The van der Waals surface area contributed by atoms with Gasteiger partial charge in [-0.2, -0.15) is 0 Å². The third-order valence-electron chi connectivity index (χ3n) is 5.42. The van der Waals surface area contributed by atoms with Crippen molar-refractivity contribution in [3.8, 4) is 5.69 Å². The summed E-state index contributed by atoms with van der Waals surface area (Å²) in [7, 11) is 4.02. The Balaban J connectivity index is 1.53. The van der Waals surface area contributed by atoms with Crippen molar-refractivity contribution in [2.75, 3.05) is 25.1 Å². The van der Waals surface area contributed by atoms with Crippen molar-refractivity contribution in [1.29, 1.82) is 0 Å². The molecular formula is C24H26N4O. The fraction of sp³-hybridized carbons (Fsp3) is 0.208. The number of carbonyl (C=O) groups excluding carboxylic acids is 1. The van der Waals surface area contributed by atoms with Gasteiger partial charge < -0.3 is 20.5 Å². The smallest absolute Gasteiger partial charge is 0.231 e. The van der Waals surface area contributed by atoms with Gasteiger partial charge in [0.05, 0.1) is 11.4 Å². The summed E-state index contributed by atoms with van der Waals surface area (Å²) in [5.41, 5.74) is 10.6. The first kappa shape index (κ1) is 18.9. The highest BCUT2D eigenvalue weighted by Crippen LogP contribution is 2.27. The van der Waals surface area contributed by atoms with Crippen LogP contribution in [0.15, 0.2) is 78.7 Å². The second kappa shape index (κ2) is 7.51. The number of allylic oxidation sites excluding steroid dienone is 2. The van der Waals surface area contributed by atoms with E-state index in [2.05, 4.69) is 33.8 Å². The third kappa shape index (κ3) is 3.76. The van der Waals surface area contributed by atoms with Crippen molar-refractivity contribution in [2.45, 2.75) is 6.92 Å². The highest BCUT2D eigenvalue weighted by atomic mass is 16.1. The van der Waals surface area contributed by atoms with Gasteiger partial charge in [-0.05, 0) is 60.5 Å². The van der Waals surface area contributed by atoms with Crippen molar-refractivity contribution < 1.29 is 4.79 Å². The average molecular weight is 386 g/mol. The molecule has 0 saturated carbocycles. The van der Waals surface area contributed by atoms with Gasteiger partial charge in [0.25, 0.3) is 0 Å². The molecule has 4 rings (SSSR count). The van der Waals surface area contributed by atoms with Gasteiger partial charge in [0.1, 0.15) is 0 Å². The van der Waals surface area contributed by atoms with Crippen LogP contribution in [-0.2, 0) is 4.79 Å². The summed E-state index contributed by atoms with van der Waals surface area (Å²) in [6.45, 7) is 2.08. The number of nitrogens with zero attached hydrogens (tertiary/aromatic N) is 2. The Labute approximate surface area is 171 Å². The maximum atomic E-state index is 12.8. The number of benzene rings is 2. The van der Waals surface area contributed by atoms with Crippen molar-refractivity contribution in [1.82, 2.24) is 9.47 Å². The Kier molecular flexibility index (Phi) is 4.89. The summed E-state index contributed by atoms with van der Waals surface area (Å²) < 4.78 is 2.11. The second-order valence-corrected chi connectivity index (χ2v) is 7.77. The standard InChI is InChI=1S/C24H26N4O/c1-16-14-21(27(2)3)9-10-22(16)24(29)26-19-6-11-23-17(15-19)12-13-28(23)20-7-4-18(25)5-8-20/h4-16,22H,25H2,1-3H3,(H,26,29). The van der Waals surface area contributed by atoms with Crippen molar-refractivity contribution in [3.63, 3.8) is 0 Å². The highest BCUT2D eigenvalue weighted by molar-refractivity contribution is 5.96. The van der Waals surface area contributed by atoms with E-state index in [-0.39, 0.29) is 17.7 Å². The lowest BCUT2D eigenvalue weighted by atomic mass is 9.88. The van der Waals surface area contributed by atoms with E-state index in [1.807, 2.05) is 74.9 Å². The number of fused-ring (bicyclic) bond motifs is 1. The topological polar surface area (TPSA) is 63.3 Å². The average Bonchev–Trinajstić information content (AvgIpc) is 3.11. The number of aromatic nitrogens is 1. The lowest BCUT2D eigenvalue weighted by Crippen LogP contribution is -2.28. The molecule has 5 nitrogen and oxygen atoms in total. The van der Waals surface area contributed by atoms with E-state index < -0.39 is 0 Å². The number of anilines is 2. The van der Waals surface area contributed by atoms with Crippen molar-refractivity contribution in [3.05, 3.63) is 78.7 Å². The van der Waals surface area contributed by atoms with Crippen LogP contribution in [0.25, 0.3) is 16.6 Å². The fourth-order valence-corrected chi connectivity index (χ4v) is 3.74. The molecule has 3 aromatic rings. The molecule has 0 aliphatic heterocycles. The molecule has 1 amide bonds. The van der Waals surface area contributed by atoms with E-state index >= 15 is 0 Å². The minimum atomic E-state index is -0.172. The molecule has 2 unspecified atom stereocenters. The van der Waals surface area contributed by atoms with Gasteiger partial charge in [0.2, 0.25) is 5.91 Å². The summed E-state index contributed by atoms with van der Waals surface area (Å²) in [5.74, 6) is -0.0124. The number of nitrogen functional groups attached to an aromatic ring is 1. The molecule has 0 bridgehead atoms. The number of hydrogen-bond acceptors (Lipinski definition) is 3. The van der Waals surface area contributed by atoms with E-state index in [9.17, 15) is 4.79 Å². The van der Waals surface area contributed by atoms with Crippen molar-refractivity contribution >= 4 is 28.2 Å². The van der Waals surface area contributed by atoms with Gasteiger partial charge in [-0.15, -0.1) is 0 Å². The van der Waals surface area contributed by atoms with E-state index in [0.29, 0.717) is 0 Å². The minimum absolute atomic E-state index is 0.0140. The van der Waals surface area contributed by atoms with E-state index in [1.54, 1.807) is 0 Å². The number of likely N-dealkylation sites (N-methyl/N-ethyl adjacent to an activating group) is 1.